The zero-order valence-corrected chi connectivity index (χ0v) is 21.3. The van der Waals surface area contributed by atoms with Crippen LogP contribution in [0.15, 0.2) is 47.5 Å². The zero-order chi connectivity index (χ0) is 24.8. The van der Waals surface area contributed by atoms with E-state index in [0.29, 0.717) is 23.7 Å². The molecule has 1 aromatic heterocycles. The molecule has 0 radical (unpaired) electrons. The summed E-state index contributed by atoms with van der Waals surface area (Å²) >= 11 is 2.55. The molecule has 4 rings (SSSR count). The summed E-state index contributed by atoms with van der Waals surface area (Å²) < 4.78 is 13.2. The highest BCUT2D eigenvalue weighted by molar-refractivity contribution is 8.00. The molecule has 2 heterocycles. The molecule has 10 heteroatoms. The van der Waals surface area contributed by atoms with E-state index < -0.39 is 5.97 Å². The fourth-order valence-electron chi connectivity index (χ4n) is 3.92. The molecule has 2 amide bonds. The first-order valence-corrected chi connectivity index (χ1v) is 13.4. The average Bonchev–Trinajstić information content (AvgIpc) is 3.41. The summed E-state index contributed by atoms with van der Waals surface area (Å²) in [5.41, 5.74) is 2.89. The predicted molar refractivity (Wildman–Crippen MR) is 138 cm³/mol. The van der Waals surface area contributed by atoms with Crippen molar-refractivity contribution < 1.29 is 23.9 Å². The minimum atomic E-state index is -0.402. The molecule has 2 aromatic carbocycles. The van der Waals surface area contributed by atoms with E-state index in [0.717, 1.165) is 22.3 Å². The number of thiazole rings is 1. The number of benzene rings is 2. The van der Waals surface area contributed by atoms with Crippen molar-refractivity contribution in [3.05, 3.63) is 52.8 Å². The van der Waals surface area contributed by atoms with Crippen molar-refractivity contribution in [3.63, 3.8) is 0 Å². The summed E-state index contributed by atoms with van der Waals surface area (Å²) in [6.07, 6.45) is 0.845. The lowest BCUT2D eigenvalue weighted by Gasteiger charge is -2.16. The molecule has 0 saturated carbocycles. The maximum Gasteiger partial charge on any atom is 0.326 e. The largest absolute Gasteiger partial charge is 0.494 e. The van der Waals surface area contributed by atoms with Crippen LogP contribution < -0.4 is 14.4 Å². The average molecular weight is 514 g/mol. The minimum absolute atomic E-state index is 0.0181. The van der Waals surface area contributed by atoms with Crippen LogP contribution in [0.1, 0.15) is 19.4 Å². The zero-order valence-electron chi connectivity index (χ0n) is 19.7. The molecule has 1 aliphatic rings. The number of rotatable bonds is 9. The van der Waals surface area contributed by atoms with Gasteiger partial charge in [0.2, 0.25) is 5.91 Å². The summed E-state index contributed by atoms with van der Waals surface area (Å²) in [4.78, 5) is 44.0. The van der Waals surface area contributed by atoms with Crippen molar-refractivity contribution in [3.8, 4) is 5.75 Å². The Labute approximate surface area is 211 Å². The van der Waals surface area contributed by atoms with Crippen LogP contribution in [-0.4, -0.2) is 53.6 Å². The normalized spacial score (nSPS) is 13.2. The molecule has 0 unspecified atom stereocenters. The van der Waals surface area contributed by atoms with Crippen LogP contribution in [0.3, 0.4) is 0 Å². The number of esters is 1. The van der Waals surface area contributed by atoms with Gasteiger partial charge in [-0.15, -0.1) is 11.8 Å². The molecule has 35 heavy (non-hydrogen) atoms. The summed E-state index contributed by atoms with van der Waals surface area (Å²) in [5, 5.41) is 0. The van der Waals surface area contributed by atoms with Gasteiger partial charge in [0, 0.05) is 12.2 Å². The van der Waals surface area contributed by atoms with Crippen LogP contribution in [-0.2, 0) is 32.1 Å². The van der Waals surface area contributed by atoms with Gasteiger partial charge in [-0.25, -0.2) is 0 Å². The van der Waals surface area contributed by atoms with Crippen molar-refractivity contribution in [1.29, 1.82) is 0 Å². The Morgan fingerprint density at radius 3 is 2.71 bits per heavy atom. The number of carbonyl (C=O) groups excluding carboxylic acids is 3. The molecular weight excluding hydrogens is 486 g/mol. The van der Waals surface area contributed by atoms with E-state index in [9.17, 15) is 14.4 Å². The Morgan fingerprint density at radius 2 is 1.91 bits per heavy atom. The molecule has 0 N–H and O–H groups in total. The molecule has 0 aliphatic carbocycles. The first-order chi connectivity index (χ1) is 17.0. The number of thioether (sulfide) groups is 1. The van der Waals surface area contributed by atoms with E-state index in [1.54, 1.807) is 16.4 Å². The summed E-state index contributed by atoms with van der Waals surface area (Å²) in [6, 6.07) is 13.4. The third-order valence-corrected chi connectivity index (χ3v) is 7.36. The summed E-state index contributed by atoms with van der Waals surface area (Å²) in [6.45, 7) is 5.08. The number of ether oxygens (including phenoxy) is 2. The highest BCUT2D eigenvalue weighted by Crippen LogP contribution is 2.28. The molecular formula is C25H27N3O5S2. The van der Waals surface area contributed by atoms with Crippen molar-refractivity contribution in [2.45, 2.75) is 26.8 Å². The second-order valence-electron chi connectivity index (χ2n) is 7.76. The van der Waals surface area contributed by atoms with E-state index in [1.165, 1.54) is 28.7 Å². The second kappa shape index (κ2) is 11.5. The lowest BCUT2D eigenvalue weighted by Crippen LogP contribution is -2.30. The van der Waals surface area contributed by atoms with Gasteiger partial charge < -0.3 is 18.9 Å². The third kappa shape index (κ3) is 5.94. The standard InChI is InChI=1S/C25H27N3O5S2/c1-3-32-18-9-10-20-21(13-18)35-25(28(20)14-24(31)33-4-2)26-22(29)15-34-16-23(30)27-12-11-17-7-5-6-8-19(17)27/h5-10,13H,3-4,11-12,14-16H2,1-2H3. The van der Waals surface area contributed by atoms with Gasteiger partial charge in [-0.2, -0.15) is 4.99 Å². The third-order valence-electron chi connectivity index (χ3n) is 5.42. The number of hydrogen-bond donors (Lipinski definition) is 0. The molecule has 0 spiro atoms. The van der Waals surface area contributed by atoms with E-state index in [4.69, 9.17) is 9.47 Å². The number of para-hydroxylation sites is 1. The number of carbonyl (C=O) groups is 3. The number of fused-ring (bicyclic) bond motifs is 2. The molecule has 0 saturated heterocycles. The summed E-state index contributed by atoms with van der Waals surface area (Å²) in [5.74, 6) is 0.191. The molecule has 0 bridgehead atoms. The van der Waals surface area contributed by atoms with Crippen LogP contribution in [0.25, 0.3) is 10.2 Å². The topological polar surface area (TPSA) is 90.2 Å². The second-order valence-corrected chi connectivity index (χ2v) is 9.76. The SMILES string of the molecule is CCOC(=O)Cn1c(=NC(=O)CSCC(=O)N2CCc3ccccc32)sc2cc(OCC)ccc21. The predicted octanol–water partition coefficient (Wildman–Crippen LogP) is 3.41. The Hall–Kier alpha value is -3.11. The Balaban J connectivity index is 1.47. The van der Waals surface area contributed by atoms with Crippen LogP contribution in [0.4, 0.5) is 5.69 Å². The van der Waals surface area contributed by atoms with Crippen molar-refractivity contribution in [2.75, 3.05) is 36.2 Å². The van der Waals surface area contributed by atoms with Gasteiger partial charge in [-0.1, -0.05) is 29.5 Å². The lowest BCUT2D eigenvalue weighted by atomic mass is 10.2. The Bertz CT molecular complexity index is 1310. The smallest absolute Gasteiger partial charge is 0.326 e. The number of aromatic nitrogens is 1. The van der Waals surface area contributed by atoms with Crippen LogP contribution in [0.5, 0.6) is 5.75 Å². The van der Waals surface area contributed by atoms with E-state index >= 15 is 0 Å². The summed E-state index contributed by atoms with van der Waals surface area (Å²) in [7, 11) is 0. The van der Waals surface area contributed by atoms with Crippen molar-refractivity contribution in [2.24, 2.45) is 4.99 Å². The molecule has 8 nitrogen and oxygen atoms in total. The highest BCUT2D eigenvalue weighted by Gasteiger charge is 2.24. The number of nitrogens with zero attached hydrogens (tertiary/aromatic N) is 3. The van der Waals surface area contributed by atoms with E-state index in [2.05, 4.69) is 4.99 Å². The lowest BCUT2D eigenvalue weighted by molar-refractivity contribution is -0.143. The Morgan fingerprint density at radius 1 is 1.09 bits per heavy atom. The molecule has 1 aliphatic heterocycles. The molecule has 0 fully saturated rings. The number of anilines is 1. The Kier molecular flexibility index (Phi) is 8.25. The fourth-order valence-corrected chi connectivity index (χ4v) is 5.67. The molecule has 3 aromatic rings. The number of amides is 2. The van der Waals surface area contributed by atoms with Gasteiger partial charge in [-0.3, -0.25) is 14.4 Å². The number of hydrogen-bond acceptors (Lipinski definition) is 7. The van der Waals surface area contributed by atoms with Crippen molar-refractivity contribution >= 4 is 56.8 Å². The first kappa shape index (κ1) is 25.0. The van der Waals surface area contributed by atoms with Gasteiger partial charge >= 0.3 is 5.97 Å². The quantitative estimate of drug-likeness (QED) is 0.408. The van der Waals surface area contributed by atoms with Gasteiger partial charge in [0.15, 0.2) is 4.80 Å². The van der Waals surface area contributed by atoms with E-state index in [-0.39, 0.29) is 36.5 Å². The van der Waals surface area contributed by atoms with Gasteiger partial charge in [0.1, 0.15) is 12.3 Å². The first-order valence-electron chi connectivity index (χ1n) is 11.5. The molecule has 184 valence electrons. The maximum absolute atomic E-state index is 12.7. The fraction of sp³-hybridized carbons (Fsp3) is 0.360. The van der Waals surface area contributed by atoms with Gasteiger partial charge in [0.05, 0.1) is 34.9 Å². The van der Waals surface area contributed by atoms with E-state index in [1.807, 2.05) is 49.4 Å². The van der Waals surface area contributed by atoms with Crippen molar-refractivity contribution in [1.82, 2.24) is 4.57 Å². The monoisotopic (exact) mass is 513 g/mol. The highest BCUT2D eigenvalue weighted by atomic mass is 32.2. The van der Waals surface area contributed by atoms with Crippen LogP contribution in [0.2, 0.25) is 0 Å². The van der Waals surface area contributed by atoms with Crippen LogP contribution >= 0.6 is 23.1 Å². The van der Waals surface area contributed by atoms with Gasteiger partial charge in [0.25, 0.3) is 5.91 Å². The maximum atomic E-state index is 12.7. The minimum Gasteiger partial charge on any atom is -0.494 e. The molecule has 0 atom stereocenters. The van der Waals surface area contributed by atoms with Gasteiger partial charge in [-0.05, 0) is 50.1 Å². The van der Waals surface area contributed by atoms with Crippen LogP contribution in [0, 0.1) is 0 Å².